The van der Waals surface area contributed by atoms with E-state index in [1.807, 2.05) is 18.2 Å². The lowest BCUT2D eigenvalue weighted by atomic mass is 10.3. The Morgan fingerprint density at radius 3 is 1.90 bits per heavy atom. The van der Waals surface area contributed by atoms with E-state index in [2.05, 4.69) is 10.9 Å². The quantitative estimate of drug-likeness (QED) is 0.349. The van der Waals surface area contributed by atoms with Gasteiger partial charge in [0, 0.05) is 0 Å². The largest absolute Gasteiger partial charge is 0.324 e. The smallest absolute Gasteiger partial charge is 0.0506 e. The first kappa shape index (κ1) is 6.85. The maximum atomic E-state index is 5.15. The van der Waals surface area contributed by atoms with E-state index < -0.39 is 0 Å². The van der Waals surface area contributed by atoms with E-state index in [9.17, 15) is 0 Å². The van der Waals surface area contributed by atoms with Gasteiger partial charge in [0.2, 0.25) is 0 Å². The summed E-state index contributed by atoms with van der Waals surface area (Å²) in [4.78, 5) is 0. The molecular formula is C6H10N4. The molecule has 0 spiro atoms. The van der Waals surface area contributed by atoms with Crippen LogP contribution in [-0.2, 0) is 0 Å². The van der Waals surface area contributed by atoms with Gasteiger partial charge in [0.25, 0.3) is 0 Å². The van der Waals surface area contributed by atoms with Crippen LogP contribution in [0.5, 0.6) is 0 Å². The Morgan fingerprint density at radius 1 is 1.00 bits per heavy atom. The van der Waals surface area contributed by atoms with E-state index in [1.165, 1.54) is 0 Å². The number of nitrogens with two attached hydrogens (primary N) is 2. The molecule has 0 saturated carbocycles. The Hall–Kier alpha value is -1.26. The molecule has 4 nitrogen and oxygen atoms in total. The predicted molar refractivity (Wildman–Crippen MR) is 42.1 cm³/mol. The van der Waals surface area contributed by atoms with Crippen LogP contribution >= 0.6 is 0 Å². The highest BCUT2D eigenvalue weighted by Crippen LogP contribution is 2.11. The summed E-state index contributed by atoms with van der Waals surface area (Å²) in [6.45, 7) is 0. The molecule has 0 aliphatic heterocycles. The van der Waals surface area contributed by atoms with Gasteiger partial charge in [-0.1, -0.05) is 6.07 Å². The summed E-state index contributed by atoms with van der Waals surface area (Å²) in [5, 5.41) is 0. The molecule has 0 saturated heterocycles. The van der Waals surface area contributed by atoms with E-state index in [4.69, 9.17) is 11.7 Å². The van der Waals surface area contributed by atoms with Crippen molar-refractivity contribution in [3.8, 4) is 0 Å². The monoisotopic (exact) mass is 138 g/mol. The van der Waals surface area contributed by atoms with E-state index in [1.54, 1.807) is 6.07 Å². The van der Waals surface area contributed by atoms with Crippen molar-refractivity contribution in [3.05, 3.63) is 24.3 Å². The molecule has 0 unspecified atom stereocenters. The topological polar surface area (TPSA) is 76.1 Å². The van der Waals surface area contributed by atoms with E-state index >= 15 is 0 Å². The third-order valence-electron chi connectivity index (χ3n) is 1.20. The van der Waals surface area contributed by atoms with E-state index in [0.29, 0.717) is 0 Å². The summed E-state index contributed by atoms with van der Waals surface area (Å²) in [5.41, 5.74) is 6.67. The van der Waals surface area contributed by atoms with Crippen LogP contribution in [0.4, 0.5) is 11.4 Å². The van der Waals surface area contributed by atoms with Crippen LogP contribution in [-0.4, -0.2) is 0 Å². The SMILES string of the molecule is NNc1cccc(NN)c1. The zero-order valence-corrected chi connectivity index (χ0v) is 5.46. The van der Waals surface area contributed by atoms with Crippen molar-refractivity contribution in [2.75, 3.05) is 10.9 Å². The maximum Gasteiger partial charge on any atom is 0.0506 e. The number of hydrogen-bond acceptors (Lipinski definition) is 4. The van der Waals surface area contributed by atoms with Gasteiger partial charge in [-0.05, 0) is 18.2 Å². The first-order chi connectivity index (χ1) is 4.86. The second kappa shape index (κ2) is 3.05. The molecule has 4 heteroatoms. The number of nitrogen functional groups attached to an aromatic ring is 2. The lowest BCUT2D eigenvalue weighted by Gasteiger charge is -2.02. The summed E-state index contributed by atoms with van der Waals surface area (Å²) >= 11 is 0. The molecule has 0 aromatic heterocycles. The number of anilines is 2. The fourth-order valence-electron chi connectivity index (χ4n) is 0.699. The molecule has 0 bridgehead atoms. The van der Waals surface area contributed by atoms with Crippen molar-refractivity contribution < 1.29 is 0 Å². The molecule has 10 heavy (non-hydrogen) atoms. The molecule has 0 fully saturated rings. The summed E-state index contributed by atoms with van der Waals surface area (Å²) in [5.74, 6) is 10.3. The zero-order chi connectivity index (χ0) is 7.40. The molecule has 0 aliphatic rings. The standard InChI is InChI=1S/C6H10N4/c7-9-5-2-1-3-6(4-5)10-8/h1-4,9-10H,7-8H2. The molecular weight excluding hydrogens is 128 g/mol. The molecule has 0 amide bonds. The minimum atomic E-state index is 0.829. The van der Waals surface area contributed by atoms with Crippen LogP contribution in [0.3, 0.4) is 0 Å². The average Bonchev–Trinajstić information content (AvgIpc) is 2.05. The van der Waals surface area contributed by atoms with Crippen LogP contribution < -0.4 is 22.5 Å². The third-order valence-corrected chi connectivity index (χ3v) is 1.20. The van der Waals surface area contributed by atoms with Gasteiger partial charge < -0.3 is 10.9 Å². The van der Waals surface area contributed by atoms with Crippen LogP contribution in [0.25, 0.3) is 0 Å². The summed E-state index contributed by atoms with van der Waals surface area (Å²) < 4.78 is 0. The Bertz CT molecular complexity index is 191. The Morgan fingerprint density at radius 2 is 1.50 bits per heavy atom. The fraction of sp³-hybridized carbons (Fsp3) is 0. The van der Waals surface area contributed by atoms with Crippen LogP contribution in [0.15, 0.2) is 24.3 Å². The highest BCUT2D eigenvalue weighted by atomic mass is 15.2. The minimum absolute atomic E-state index is 0.829. The lowest BCUT2D eigenvalue weighted by molar-refractivity contribution is 1.32. The predicted octanol–water partition coefficient (Wildman–Crippen LogP) is 0.258. The van der Waals surface area contributed by atoms with E-state index in [-0.39, 0.29) is 0 Å². The van der Waals surface area contributed by atoms with Gasteiger partial charge in [-0.2, -0.15) is 0 Å². The Kier molecular flexibility index (Phi) is 2.09. The second-order valence-electron chi connectivity index (χ2n) is 1.87. The third kappa shape index (κ3) is 1.37. The molecule has 0 atom stereocenters. The van der Waals surface area contributed by atoms with Crippen molar-refractivity contribution >= 4 is 11.4 Å². The van der Waals surface area contributed by atoms with E-state index in [0.717, 1.165) is 11.4 Å². The minimum Gasteiger partial charge on any atom is -0.324 e. The van der Waals surface area contributed by atoms with Gasteiger partial charge in [-0.25, -0.2) is 0 Å². The lowest BCUT2D eigenvalue weighted by Crippen LogP contribution is -2.09. The van der Waals surface area contributed by atoms with Crippen molar-refractivity contribution in [2.24, 2.45) is 11.7 Å². The zero-order valence-electron chi connectivity index (χ0n) is 5.46. The van der Waals surface area contributed by atoms with Gasteiger partial charge in [-0.3, -0.25) is 11.7 Å². The van der Waals surface area contributed by atoms with Crippen molar-refractivity contribution in [1.82, 2.24) is 0 Å². The molecule has 6 N–H and O–H groups in total. The maximum absolute atomic E-state index is 5.15. The normalized spacial score (nSPS) is 9.00. The molecule has 54 valence electrons. The van der Waals surface area contributed by atoms with Gasteiger partial charge in [0.15, 0.2) is 0 Å². The molecule has 0 aliphatic carbocycles. The number of nitrogens with one attached hydrogen (secondary N) is 2. The Balaban J connectivity index is 2.87. The highest BCUT2D eigenvalue weighted by Gasteiger charge is 1.88. The van der Waals surface area contributed by atoms with Crippen molar-refractivity contribution in [3.63, 3.8) is 0 Å². The van der Waals surface area contributed by atoms with Crippen LogP contribution in [0, 0.1) is 0 Å². The van der Waals surface area contributed by atoms with Crippen molar-refractivity contribution in [2.45, 2.75) is 0 Å². The molecule has 1 aromatic rings. The first-order valence-electron chi connectivity index (χ1n) is 2.90. The molecule has 1 aromatic carbocycles. The Labute approximate surface area is 59.2 Å². The molecule has 1 rings (SSSR count). The average molecular weight is 138 g/mol. The molecule has 0 heterocycles. The summed E-state index contributed by atoms with van der Waals surface area (Å²) in [6.07, 6.45) is 0. The first-order valence-corrected chi connectivity index (χ1v) is 2.90. The fourth-order valence-corrected chi connectivity index (χ4v) is 0.699. The number of hydrogen-bond donors (Lipinski definition) is 4. The van der Waals surface area contributed by atoms with Crippen LogP contribution in [0.2, 0.25) is 0 Å². The van der Waals surface area contributed by atoms with Crippen LogP contribution in [0.1, 0.15) is 0 Å². The van der Waals surface area contributed by atoms with Gasteiger partial charge >= 0.3 is 0 Å². The number of benzene rings is 1. The van der Waals surface area contributed by atoms with Gasteiger partial charge in [-0.15, -0.1) is 0 Å². The number of hydrazine groups is 2. The van der Waals surface area contributed by atoms with Gasteiger partial charge in [0.05, 0.1) is 11.4 Å². The summed E-state index contributed by atoms with van der Waals surface area (Å²) in [6, 6.07) is 7.35. The summed E-state index contributed by atoms with van der Waals surface area (Å²) in [7, 11) is 0. The van der Waals surface area contributed by atoms with Gasteiger partial charge in [0.1, 0.15) is 0 Å². The number of rotatable bonds is 2. The highest BCUT2D eigenvalue weighted by molar-refractivity contribution is 5.55. The van der Waals surface area contributed by atoms with Crippen molar-refractivity contribution in [1.29, 1.82) is 0 Å². The molecule has 0 radical (unpaired) electrons. The second-order valence-corrected chi connectivity index (χ2v) is 1.87.